The standard InChI is InChI=1S/C12H14F3NO2/c1-8-4-5-9(7-10(8)12(13,14)15)16-6-2-3-11(17)18/h4-5,7,16H,2-3,6H2,1H3,(H,17,18). The number of benzene rings is 1. The zero-order valence-corrected chi connectivity index (χ0v) is 9.84. The lowest BCUT2D eigenvalue weighted by atomic mass is 10.1. The van der Waals surface area contributed by atoms with Gasteiger partial charge in [-0.05, 0) is 31.0 Å². The SMILES string of the molecule is Cc1ccc(NCCCC(=O)O)cc1C(F)(F)F. The summed E-state index contributed by atoms with van der Waals surface area (Å²) in [5, 5.41) is 11.2. The number of alkyl halides is 3. The highest BCUT2D eigenvalue weighted by Crippen LogP contribution is 2.33. The Morgan fingerprint density at radius 1 is 1.39 bits per heavy atom. The van der Waals surface area contributed by atoms with Crippen LogP contribution < -0.4 is 5.32 Å². The minimum atomic E-state index is -4.37. The Morgan fingerprint density at radius 2 is 2.06 bits per heavy atom. The number of aliphatic carboxylic acids is 1. The van der Waals surface area contributed by atoms with Gasteiger partial charge in [0, 0.05) is 18.7 Å². The quantitative estimate of drug-likeness (QED) is 0.799. The molecule has 0 spiro atoms. The van der Waals surface area contributed by atoms with E-state index in [9.17, 15) is 18.0 Å². The summed E-state index contributed by atoms with van der Waals surface area (Å²) in [6.07, 6.45) is -4.02. The first-order chi connectivity index (χ1) is 8.30. The van der Waals surface area contributed by atoms with Gasteiger partial charge in [-0.1, -0.05) is 6.07 Å². The van der Waals surface area contributed by atoms with Gasteiger partial charge in [0.2, 0.25) is 0 Å². The maximum atomic E-state index is 12.6. The fourth-order valence-corrected chi connectivity index (χ4v) is 1.51. The molecule has 0 aromatic heterocycles. The molecule has 1 aromatic rings. The summed E-state index contributed by atoms with van der Waals surface area (Å²) >= 11 is 0. The number of anilines is 1. The smallest absolute Gasteiger partial charge is 0.416 e. The Hall–Kier alpha value is -1.72. The van der Waals surface area contributed by atoms with Crippen molar-refractivity contribution in [3.8, 4) is 0 Å². The van der Waals surface area contributed by atoms with Gasteiger partial charge in [0.05, 0.1) is 5.56 Å². The lowest BCUT2D eigenvalue weighted by molar-refractivity contribution is -0.138. The van der Waals surface area contributed by atoms with Crippen LogP contribution in [0.15, 0.2) is 18.2 Å². The molecule has 0 saturated heterocycles. The molecular weight excluding hydrogens is 247 g/mol. The molecule has 0 bridgehead atoms. The van der Waals surface area contributed by atoms with Gasteiger partial charge in [0.25, 0.3) is 0 Å². The van der Waals surface area contributed by atoms with E-state index in [1.165, 1.54) is 13.0 Å². The highest BCUT2D eigenvalue weighted by atomic mass is 19.4. The Kier molecular flexibility index (Phi) is 4.58. The van der Waals surface area contributed by atoms with Crippen molar-refractivity contribution >= 4 is 11.7 Å². The van der Waals surface area contributed by atoms with E-state index in [-0.39, 0.29) is 12.0 Å². The Labute approximate surface area is 103 Å². The third kappa shape index (κ3) is 4.27. The second-order valence-electron chi connectivity index (χ2n) is 3.95. The largest absolute Gasteiger partial charge is 0.481 e. The van der Waals surface area contributed by atoms with Crippen molar-refractivity contribution in [3.63, 3.8) is 0 Å². The van der Waals surface area contributed by atoms with Crippen molar-refractivity contribution in [2.45, 2.75) is 25.9 Å². The Bertz CT molecular complexity index is 430. The van der Waals surface area contributed by atoms with Crippen LogP contribution in [0.5, 0.6) is 0 Å². The summed E-state index contributed by atoms with van der Waals surface area (Å²) < 4.78 is 37.9. The summed E-state index contributed by atoms with van der Waals surface area (Å²) in [6, 6.07) is 3.98. The lowest BCUT2D eigenvalue weighted by Gasteiger charge is -2.13. The fraction of sp³-hybridized carbons (Fsp3) is 0.417. The number of hydrogen-bond acceptors (Lipinski definition) is 2. The second-order valence-corrected chi connectivity index (χ2v) is 3.95. The molecule has 3 nitrogen and oxygen atoms in total. The van der Waals surface area contributed by atoms with Crippen molar-refractivity contribution in [2.75, 3.05) is 11.9 Å². The lowest BCUT2D eigenvalue weighted by Crippen LogP contribution is -2.10. The van der Waals surface area contributed by atoms with Crippen LogP contribution in [0.3, 0.4) is 0 Å². The van der Waals surface area contributed by atoms with E-state index in [1.807, 2.05) is 0 Å². The van der Waals surface area contributed by atoms with Crippen LogP contribution in [0.2, 0.25) is 0 Å². The van der Waals surface area contributed by atoms with Crippen molar-refractivity contribution in [3.05, 3.63) is 29.3 Å². The molecule has 1 rings (SSSR count). The summed E-state index contributed by atoms with van der Waals surface area (Å²) in [5.41, 5.74) is -0.164. The average Bonchev–Trinajstić information content (AvgIpc) is 2.24. The number of hydrogen-bond donors (Lipinski definition) is 2. The van der Waals surface area contributed by atoms with E-state index >= 15 is 0 Å². The zero-order valence-electron chi connectivity index (χ0n) is 9.84. The number of nitrogens with one attached hydrogen (secondary N) is 1. The minimum absolute atomic E-state index is 0.00894. The summed E-state index contributed by atoms with van der Waals surface area (Å²) in [5.74, 6) is -0.920. The molecule has 0 amide bonds. The van der Waals surface area contributed by atoms with E-state index in [0.717, 1.165) is 6.07 Å². The van der Waals surface area contributed by atoms with E-state index < -0.39 is 17.7 Å². The van der Waals surface area contributed by atoms with Crippen molar-refractivity contribution in [1.82, 2.24) is 0 Å². The third-order valence-corrected chi connectivity index (χ3v) is 2.44. The summed E-state index contributed by atoms with van der Waals surface area (Å²) in [6.45, 7) is 1.73. The van der Waals surface area contributed by atoms with Gasteiger partial charge in [0.15, 0.2) is 0 Å². The Balaban J connectivity index is 2.65. The van der Waals surface area contributed by atoms with Crippen LogP contribution in [-0.4, -0.2) is 17.6 Å². The summed E-state index contributed by atoms with van der Waals surface area (Å²) in [4.78, 5) is 10.3. The molecule has 18 heavy (non-hydrogen) atoms. The topological polar surface area (TPSA) is 49.3 Å². The van der Waals surface area contributed by atoms with Gasteiger partial charge in [-0.25, -0.2) is 0 Å². The molecule has 100 valence electrons. The molecule has 1 aromatic carbocycles. The van der Waals surface area contributed by atoms with Crippen LogP contribution in [0.25, 0.3) is 0 Å². The number of carboxylic acids is 1. The Morgan fingerprint density at radius 3 is 2.61 bits per heavy atom. The van der Waals surface area contributed by atoms with Crippen molar-refractivity contribution < 1.29 is 23.1 Å². The van der Waals surface area contributed by atoms with E-state index in [2.05, 4.69) is 5.32 Å². The molecule has 6 heteroatoms. The number of halogens is 3. The molecule has 0 saturated carbocycles. The minimum Gasteiger partial charge on any atom is -0.481 e. The van der Waals surface area contributed by atoms with Crippen molar-refractivity contribution in [1.29, 1.82) is 0 Å². The van der Waals surface area contributed by atoms with Gasteiger partial charge in [0.1, 0.15) is 0 Å². The molecule has 0 aliphatic carbocycles. The third-order valence-electron chi connectivity index (χ3n) is 2.44. The first-order valence-electron chi connectivity index (χ1n) is 5.44. The predicted octanol–water partition coefficient (Wildman–Crippen LogP) is 3.29. The average molecular weight is 261 g/mol. The first kappa shape index (κ1) is 14.3. The monoisotopic (exact) mass is 261 g/mol. The van der Waals surface area contributed by atoms with E-state index in [4.69, 9.17) is 5.11 Å². The van der Waals surface area contributed by atoms with E-state index in [0.29, 0.717) is 18.7 Å². The number of carboxylic acid groups (broad SMARTS) is 1. The highest BCUT2D eigenvalue weighted by Gasteiger charge is 2.32. The maximum absolute atomic E-state index is 12.6. The molecule has 0 heterocycles. The number of aryl methyl sites for hydroxylation is 1. The maximum Gasteiger partial charge on any atom is 0.416 e. The second kappa shape index (κ2) is 5.75. The van der Waals surface area contributed by atoms with Gasteiger partial charge in [-0.15, -0.1) is 0 Å². The fourth-order valence-electron chi connectivity index (χ4n) is 1.51. The van der Waals surface area contributed by atoms with Crippen LogP contribution in [0, 0.1) is 6.92 Å². The normalized spacial score (nSPS) is 11.3. The van der Waals surface area contributed by atoms with Crippen LogP contribution in [0.4, 0.5) is 18.9 Å². The van der Waals surface area contributed by atoms with Crippen LogP contribution in [0.1, 0.15) is 24.0 Å². The highest BCUT2D eigenvalue weighted by molar-refractivity contribution is 5.66. The van der Waals surface area contributed by atoms with Gasteiger partial charge in [-0.2, -0.15) is 13.2 Å². The molecule has 0 radical (unpaired) electrons. The first-order valence-corrected chi connectivity index (χ1v) is 5.44. The number of rotatable bonds is 5. The number of carbonyl (C=O) groups is 1. The molecule has 0 fully saturated rings. The molecule has 2 N–H and O–H groups in total. The van der Waals surface area contributed by atoms with Gasteiger partial charge >= 0.3 is 12.1 Å². The molecule has 0 unspecified atom stereocenters. The van der Waals surface area contributed by atoms with Gasteiger partial charge in [-0.3, -0.25) is 4.79 Å². The van der Waals surface area contributed by atoms with Crippen molar-refractivity contribution in [2.24, 2.45) is 0 Å². The summed E-state index contributed by atoms with van der Waals surface area (Å²) in [7, 11) is 0. The van der Waals surface area contributed by atoms with E-state index in [1.54, 1.807) is 6.07 Å². The molecule has 0 aliphatic rings. The zero-order chi connectivity index (χ0) is 13.8. The molecular formula is C12H14F3NO2. The molecule has 0 atom stereocenters. The predicted molar refractivity (Wildman–Crippen MR) is 61.5 cm³/mol. The molecule has 0 aliphatic heterocycles. The van der Waals surface area contributed by atoms with Gasteiger partial charge < -0.3 is 10.4 Å². The van der Waals surface area contributed by atoms with Crippen LogP contribution >= 0.6 is 0 Å². The van der Waals surface area contributed by atoms with Crippen LogP contribution in [-0.2, 0) is 11.0 Å².